The molecule has 2 rings (SSSR count). The minimum Gasteiger partial charge on any atom is -0.479 e. The molecular weight excluding hydrogens is 272 g/mol. The number of carboxylic acids is 1. The Morgan fingerprint density at radius 3 is 2.76 bits per heavy atom. The van der Waals surface area contributed by atoms with Crippen molar-refractivity contribution in [3.63, 3.8) is 0 Å². The molecule has 2 N–H and O–H groups in total. The summed E-state index contributed by atoms with van der Waals surface area (Å²) in [6.07, 6.45) is -0.0301. The number of amides is 2. The zero-order valence-electron chi connectivity index (χ0n) is 12.0. The Bertz CT molecular complexity index is 518. The van der Waals surface area contributed by atoms with E-state index in [0.717, 1.165) is 12.0 Å². The number of carbonyl (C=O) groups is 2. The van der Waals surface area contributed by atoms with Crippen LogP contribution < -0.4 is 5.32 Å². The molecule has 21 heavy (non-hydrogen) atoms. The van der Waals surface area contributed by atoms with Crippen molar-refractivity contribution < 1.29 is 19.4 Å². The van der Waals surface area contributed by atoms with Crippen molar-refractivity contribution in [3.8, 4) is 0 Å². The SMILES string of the molecule is CCc1ccccc1CNC(=O)N1CCOC(C(=O)O)C1. The van der Waals surface area contributed by atoms with Gasteiger partial charge in [0, 0.05) is 13.1 Å². The van der Waals surface area contributed by atoms with Gasteiger partial charge in [0.1, 0.15) is 0 Å². The molecule has 1 aromatic carbocycles. The monoisotopic (exact) mass is 292 g/mol. The molecule has 1 atom stereocenters. The quantitative estimate of drug-likeness (QED) is 0.875. The summed E-state index contributed by atoms with van der Waals surface area (Å²) in [4.78, 5) is 24.5. The molecule has 1 aromatic rings. The highest BCUT2D eigenvalue weighted by Gasteiger charge is 2.28. The number of nitrogens with zero attached hydrogens (tertiary/aromatic N) is 1. The molecule has 0 aliphatic carbocycles. The van der Waals surface area contributed by atoms with E-state index in [2.05, 4.69) is 12.2 Å². The van der Waals surface area contributed by atoms with Crippen molar-refractivity contribution in [2.45, 2.75) is 26.0 Å². The zero-order chi connectivity index (χ0) is 15.2. The molecule has 0 radical (unpaired) electrons. The Morgan fingerprint density at radius 1 is 1.38 bits per heavy atom. The number of urea groups is 1. The van der Waals surface area contributed by atoms with Gasteiger partial charge >= 0.3 is 12.0 Å². The third-order valence-corrected chi connectivity index (χ3v) is 3.56. The molecule has 1 heterocycles. The summed E-state index contributed by atoms with van der Waals surface area (Å²) in [6, 6.07) is 7.68. The maximum absolute atomic E-state index is 12.1. The highest BCUT2D eigenvalue weighted by Crippen LogP contribution is 2.10. The van der Waals surface area contributed by atoms with Gasteiger partial charge in [0.2, 0.25) is 0 Å². The summed E-state index contributed by atoms with van der Waals surface area (Å²) in [5, 5.41) is 11.8. The molecule has 1 fully saturated rings. The van der Waals surface area contributed by atoms with Gasteiger partial charge in [-0.3, -0.25) is 0 Å². The second-order valence-electron chi connectivity index (χ2n) is 4.92. The summed E-state index contributed by atoms with van der Waals surface area (Å²) in [6.45, 7) is 3.25. The van der Waals surface area contributed by atoms with Crippen LogP contribution in [0.1, 0.15) is 18.1 Å². The number of benzene rings is 1. The first-order chi connectivity index (χ1) is 10.1. The van der Waals surface area contributed by atoms with Crippen LogP contribution in [0.4, 0.5) is 4.79 Å². The van der Waals surface area contributed by atoms with E-state index < -0.39 is 12.1 Å². The first-order valence-corrected chi connectivity index (χ1v) is 7.05. The normalized spacial score (nSPS) is 18.3. The van der Waals surface area contributed by atoms with Crippen molar-refractivity contribution in [2.75, 3.05) is 19.7 Å². The average molecular weight is 292 g/mol. The van der Waals surface area contributed by atoms with Crippen molar-refractivity contribution in [1.82, 2.24) is 10.2 Å². The van der Waals surface area contributed by atoms with Gasteiger partial charge in [-0.15, -0.1) is 0 Å². The van der Waals surface area contributed by atoms with Crippen molar-refractivity contribution in [3.05, 3.63) is 35.4 Å². The Balaban J connectivity index is 1.91. The summed E-state index contributed by atoms with van der Waals surface area (Å²) >= 11 is 0. The van der Waals surface area contributed by atoms with Gasteiger partial charge in [-0.25, -0.2) is 9.59 Å². The van der Waals surface area contributed by atoms with Gasteiger partial charge in [0.05, 0.1) is 13.2 Å². The Kier molecular flexibility index (Phi) is 5.16. The molecule has 1 saturated heterocycles. The number of morpholine rings is 1. The van der Waals surface area contributed by atoms with Crippen LogP contribution >= 0.6 is 0 Å². The van der Waals surface area contributed by atoms with E-state index in [1.165, 1.54) is 10.5 Å². The third-order valence-electron chi connectivity index (χ3n) is 3.56. The molecule has 2 amide bonds. The van der Waals surface area contributed by atoms with Gasteiger partial charge in [0.15, 0.2) is 6.10 Å². The topological polar surface area (TPSA) is 78.9 Å². The Morgan fingerprint density at radius 2 is 2.10 bits per heavy atom. The van der Waals surface area contributed by atoms with Crippen molar-refractivity contribution >= 4 is 12.0 Å². The summed E-state index contributed by atoms with van der Waals surface area (Å²) in [7, 11) is 0. The minimum atomic E-state index is -1.04. The Hall–Kier alpha value is -2.08. The van der Waals surface area contributed by atoms with Crippen LogP contribution in [0.25, 0.3) is 0 Å². The van der Waals surface area contributed by atoms with E-state index in [-0.39, 0.29) is 19.2 Å². The number of hydrogen-bond donors (Lipinski definition) is 2. The van der Waals surface area contributed by atoms with Crippen LogP contribution in [-0.2, 0) is 22.5 Å². The number of rotatable bonds is 4. The van der Waals surface area contributed by atoms with E-state index in [1.807, 2.05) is 24.3 Å². The second-order valence-corrected chi connectivity index (χ2v) is 4.92. The standard InChI is InChI=1S/C15H20N2O4/c1-2-11-5-3-4-6-12(11)9-16-15(20)17-7-8-21-13(10-17)14(18)19/h3-6,13H,2,7-10H2,1H3,(H,16,20)(H,18,19). The summed E-state index contributed by atoms with van der Waals surface area (Å²) < 4.78 is 5.10. The number of ether oxygens (including phenoxy) is 1. The van der Waals surface area contributed by atoms with Gasteiger partial charge in [-0.05, 0) is 17.5 Å². The highest BCUT2D eigenvalue weighted by atomic mass is 16.5. The smallest absolute Gasteiger partial charge is 0.334 e. The lowest BCUT2D eigenvalue weighted by Gasteiger charge is -2.31. The van der Waals surface area contributed by atoms with E-state index in [4.69, 9.17) is 9.84 Å². The molecule has 6 nitrogen and oxygen atoms in total. The molecule has 0 aromatic heterocycles. The average Bonchev–Trinajstić information content (AvgIpc) is 2.52. The maximum Gasteiger partial charge on any atom is 0.334 e. The second kappa shape index (κ2) is 7.08. The van der Waals surface area contributed by atoms with E-state index in [1.54, 1.807) is 0 Å². The van der Waals surface area contributed by atoms with Crippen LogP contribution in [0.5, 0.6) is 0 Å². The fraction of sp³-hybridized carbons (Fsp3) is 0.467. The number of carboxylic acid groups (broad SMARTS) is 1. The van der Waals surface area contributed by atoms with Gasteiger partial charge in [-0.1, -0.05) is 31.2 Å². The van der Waals surface area contributed by atoms with Gasteiger partial charge < -0.3 is 20.1 Å². The lowest BCUT2D eigenvalue weighted by Crippen LogP contribution is -2.51. The largest absolute Gasteiger partial charge is 0.479 e. The van der Waals surface area contributed by atoms with Crippen LogP contribution in [0.2, 0.25) is 0 Å². The fourth-order valence-corrected chi connectivity index (χ4v) is 2.34. The highest BCUT2D eigenvalue weighted by molar-refractivity contribution is 5.77. The maximum atomic E-state index is 12.1. The van der Waals surface area contributed by atoms with E-state index in [0.29, 0.717) is 13.1 Å². The number of aryl methyl sites for hydroxylation is 1. The van der Waals surface area contributed by atoms with Crippen LogP contribution in [0.3, 0.4) is 0 Å². The molecule has 0 saturated carbocycles. The number of carbonyl (C=O) groups excluding carboxylic acids is 1. The molecule has 114 valence electrons. The number of nitrogens with one attached hydrogen (secondary N) is 1. The first-order valence-electron chi connectivity index (χ1n) is 7.05. The molecule has 6 heteroatoms. The summed E-state index contributed by atoms with van der Waals surface area (Å²) in [5.41, 5.74) is 2.28. The van der Waals surface area contributed by atoms with Crippen LogP contribution in [-0.4, -0.2) is 47.8 Å². The third kappa shape index (κ3) is 3.95. The predicted molar refractivity (Wildman–Crippen MR) is 77.0 cm³/mol. The summed E-state index contributed by atoms with van der Waals surface area (Å²) in [5.74, 6) is -1.04. The number of aliphatic carboxylic acids is 1. The van der Waals surface area contributed by atoms with Gasteiger partial charge in [0.25, 0.3) is 0 Å². The molecule has 1 unspecified atom stereocenters. The molecule has 1 aliphatic heterocycles. The fourth-order valence-electron chi connectivity index (χ4n) is 2.34. The molecule has 0 spiro atoms. The first kappa shape index (κ1) is 15.3. The van der Waals surface area contributed by atoms with Crippen molar-refractivity contribution in [2.24, 2.45) is 0 Å². The molecule has 0 bridgehead atoms. The predicted octanol–water partition coefficient (Wildman–Crippen LogP) is 1.24. The zero-order valence-corrected chi connectivity index (χ0v) is 12.0. The molecular formula is C15H20N2O4. The molecule has 1 aliphatic rings. The van der Waals surface area contributed by atoms with Gasteiger partial charge in [-0.2, -0.15) is 0 Å². The Labute approximate surface area is 123 Å². The minimum absolute atomic E-state index is 0.0800. The lowest BCUT2D eigenvalue weighted by molar-refractivity contribution is -0.154. The van der Waals surface area contributed by atoms with Crippen molar-refractivity contribution in [1.29, 1.82) is 0 Å². The van der Waals surface area contributed by atoms with Crippen LogP contribution in [0.15, 0.2) is 24.3 Å². The van der Waals surface area contributed by atoms with E-state index >= 15 is 0 Å². The number of hydrogen-bond acceptors (Lipinski definition) is 3. The van der Waals surface area contributed by atoms with E-state index in [9.17, 15) is 9.59 Å². The lowest BCUT2D eigenvalue weighted by atomic mass is 10.1. The van der Waals surface area contributed by atoms with Crippen LogP contribution in [0, 0.1) is 0 Å².